The van der Waals surface area contributed by atoms with E-state index in [-0.39, 0.29) is 17.7 Å². The molecular formula is C14H16ClN5O3. The molecule has 2 aromatic rings. The highest BCUT2D eigenvalue weighted by Crippen LogP contribution is 2.38. The molecule has 23 heavy (non-hydrogen) atoms. The molecule has 0 radical (unpaired) electrons. The number of ether oxygens (including phenoxy) is 1. The van der Waals surface area contributed by atoms with Crippen molar-refractivity contribution in [1.82, 2.24) is 15.1 Å². The summed E-state index contributed by atoms with van der Waals surface area (Å²) < 4.78 is 10.7. The van der Waals surface area contributed by atoms with Crippen LogP contribution in [-0.2, 0) is 4.74 Å². The van der Waals surface area contributed by atoms with Crippen LogP contribution in [-0.4, -0.2) is 40.8 Å². The molecule has 2 atom stereocenters. The van der Waals surface area contributed by atoms with Crippen LogP contribution in [0.4, 0.5) is 5.82 Å². The summed E-state index contributed by atoms with van der Waals surface area (Å²) in [6.07, 6.45) is 2.06. The van der Waals surface area contributed by atoms with Gasteiger partial charge < -0.3 is 19.9 Å². The number of nitrogens with zero attached hydrogens (tertiary/aromatic N) is 4. The van der Waals surface area contributed by atoms with Gasteiger partial charge in [0.2, 0.25) is 11.8 Å². The van der Waals surface area contributed by atoms with E-state index in [2.05, 4.69) is 15.1 Å². The first-order valence-electron chi connectivity index (χ1n) is 7.04. The Hall–Kier alpha value is -2.19. The van der Waals surface area contributed by atoms with Crippen LogP contribution in [0, 0.1) is 6.92 Å². The van der Waals surface area contributed by atoms with E-state index in [1.807, 2.05) is 4.90 Å². The number of hydrogen-bond acceptors (Lipinski definition) is 7. The Bertz CT molecular complexity index is 735. The number of primary amides is 1. The second kappa shape index (κ2) is 6.13. The van der Waals surface area contributed by atoms with Crippen molar-refractivity contribution in [3.8, 4) is 0 Å². The summed E-state index contributed by atoms with van der Waals surface area (Å²) >= 11 is 6.28. The largest absolute Gasteiger partial charge is 0.380 e. The number of carbonyl (C=O) groups excluding carboxylic acids is 1. The SMILES string of the molecule is COC1CC(c2nc(C)no2)N(c2ncc(C(N)=O)cc2Cl)C1. The monoisotopic (exact) mass is 337 g/mol. The molecule has 3 heterocycles. The fraction of sp³-hybridized carbons (Fsp3) is 0.429. The average Bonchev–Trinajstić information content (AvgIpc) is 3.12. The number of halogens is 1. The standard InChI is InChI=1S/C14H16ClN5O3/c1-7-18-14(23-19-7)11-4-9(22-2)6-20(11)13-10(15)3-8(5-17-13)12(16)21/h3,5,9,11H,4,6H2,1-2H3,(H2,16,21). The van der Waals surface area contributed by atoms with E-state index < -0.39 is 5.91 Å². The zero-order valence-electron chi connectivity index (χ0n) is 12.7. The van der Waals surface area contributed by atoms with Gasteiger partial charge in [-0.3, -0.25) is 4.79 Å². The summed E-state index contributed by atoms with van der Waals surface area (Å²) in [6.45, 7) is 2.33. The molecule has 2 N–H and O–H groups in total. The van der Waals surface area contributed by atoms with Gasteiger partial charge in [0.1, 0.15) is 11.9 Å². The number of nitrogens with two attached hydrogens (primary N) is 1. The number of methoxy groups -OCH3 is 1. The summed E-state index contributed by atoms with van der Waals surface area (Å²) in [5.74, 6) is 0.992. The van der Waals surface area contributed by atoms with E-state index in [1.165, 1.54) is 12.3 Å². The summed E-state index contributed by atoms with van der Waals surface area (Å²) in [5, 5.41) is 4.16. The maximum Gasteiger partial charge on any atom is 0.250 e. The third-order valence-corrected chi connectivity index (χ3v) is 4.08. The maximum atomic E-state index is 11.2. The highest BCUT2D eigenvalue weighted by molar-refractivity contribution is 6.33. The molecule has 1 aliphatic rings. The van der Waals surface area contributed by atoms with Crippen molar-refractivity contribution in [3.63, 3.8) is 0 Å². The molecule has 9 heteroatoms. The highest BCUT2D eigenvalue weighted by Gasteiger charge is 2.38. The van der Waals surface area contributed by atoms with Gasteiger partial charge in [-0.2, -0.15) is 4.98 Å². The van der Waals surface area contributed by atoms with Gasteiger partial charge in [-0.1, -0.05) is 16.8 Å². The quantitative estimate of drug-likeness (QED) is 0.900. The number of aryl methyl sites for hydroxylation is 1. The first-order chi connectivity index (χ1) is 11.0. The minimum absolute atomic E-state index is 0.0131. The molecule has 8 nitrogen and oxygen atoms in total. The number of pyridine rings is 1. The molecule has 0 spiro atoms. The van der Waals surface area contributed by atoms with Gasteiger partial charge in [0, 0.05) is 26.3 Å². The van der Waals surface area contributed by atoms with Gasteiger partial charge in [-0.15, -0.1) is 0 Å². The molecule has 3 rings (SSSR count). The average molecular weight is 338 g/mol. The van der Waals surface area contributed by atoms with E-state index in [1.54, 1.807) is 14.0 Å². The van der Waals surface area contributed by atoms with Crippen molar-refractivity contribution in [2.75, 3.05) is 18.6 Å². The Balaban J connectivity index is 1.97. The highest BCUT2D eigenvalue weighted by atomic mass is 35.5. The number of amides is 1. The molecule has 2 aromatic heterocycles. The van der Waals surface area contributed by atoms with Crippen LogP contribution in [0.2, 0.25) is 5.02 Å². The molecular weight excluding hydrogens is 322 g/mol. The lowest BCUT2D eigenvalue weighted by Crippen LogP contribution is -2.26. The summed E-state index contributed by atoms with van der Waals surface area (Å²) in [4.78, 5) is 21.7. The third kappa shape index (κ3) is 2.99. The maximum absolute atomic E-state index is 11.2. The second-order valence-electron chi connectivity index (χ2n) is 5.34. The number of rotatable bonds is 4. The summed E-state index contributed by atoms with van der Waals surface area (Å²) in [6, 6.07) is 1.31. The first-order valence-corrected chi connectivity index (χ1v) is 7.42. The lowest BCUT2D eigenvalue weighted by atomic mass is 10.2. The van der Waals surface area contributed by atoms with Crippen molar-refractivity contribution in [2.45, 2.75) is 25.5 Å². The molecule has 1 aliphatic heterocycles. The van der Waals surface area contributed by atoms with Crippen molar-refractivity contribution >= 4 is 23.3 Å². The van der Waals surface area contributed by atoms with Crippen LogP contribution < -0.4 is 10.6 Å². The zero-order chi connectivity index (χ0) is 16.6. The van der Waals surface area contributed by atoms with Crippen LogP contribution in [0.3, 0.4) is 0 Å². The van der Waals surface area contributed by atoms with Crippen molar-refractivity contribution in [3.05, 3.63) is 34.6 Å². The minimum atomic E-state index is -0.578. The van der Waals surface area contributed by atoms with Crippen molar-refractivity contribution in [1.29, 1.82) is 0 Å². The molecule has 122 valence electrons. The van der Waals surface area contributed by atoms with E-state index in [0.29, 0.717) is 35.5 Å². The van der Waals surface area contributed by atoms with Gasteiger partial charge in [0.15, 0.2) is 5.82 Å². The van der Waals surface area contributed by atoms with E-state index in [9.17, 15) is 4.79 Å². The fourth-order valence-corrected chi connectivity index (χ4v) is 2.94. The normalized spacial score (nSPS) is 20.9. The van der Waals surface area contributed by atoms with Crippen molar-refractivity contribution in [2.24, 2.45) is 5.73 Å². The Labute approximate surface area is 137 Å². The molecule has 1 fully saturated rings. The molecule has 0 aliphatic carbocycles. The Kier molecular flexibility index (Phi) is 4.18. The van der Waals surface area contributed by atoms with E-state index >= 15 is 0 Å². The van der Waals surface area contributed by atoms with E-state index in [4.69, 9.17) is 26.6 Å². The van der Waals surface area contributed by atoms with Crippen LogP contribution in [0.25, 0.3) is 0 Å². The summed E-state index contributed by atoms with van der Waals surface area (Å²) in [5.41, 5.74) is 5.50. The summed E-state index contributed by atoms with van der Waals surface area (Å²) in [7, 11) is 1.65. The third-order valence-electron chi connectivity index (χ3n) is 3.80. The number of carbonyl (C=O) groups is 1. The predicted octanol–water partition coefficient (Wildman–Crippen LogP) is 1.49. The lowest BCUT2D eigenvalue weighted by molar-refractivity contribution is 0.1000. The topological polar surface area (TPSA) is 107 Å². The number of aromatic nitrogens is 3. The first kappa shape index (κ1) is 15.7. The van der Waals surface area contributed by atoms with Crippen molar-refractivity contribution < 1.29 is 14.1 Å². The second-order valence-corrected chi connectivity index (χ2v) is 5.74. The molecule has 1 saturated heterocycles. The molecule has 0 saturated carbocycles. The van der Waals surface area contributed by atoms with Gasteiger partial charge in [0.25, 0.3) is 0 Å². The van der Waals surface area contributed by atoms with Gasteiger partial charge in [-0.25, -0.2) is 4.98 Å². The molecule has 0 aromatic carbocycles. The Morgan fingerprint density at radius 2 is 2.35 bits per heavy atom. The van der Waals surface area contributed by atoms with Crippen LogP contribution in [0.5, 0.6) is 0 Å². The Morgan fingerprint density at radius 3 is 2.91 bits per heavy atom. The number of hydrogen-bond donors (Lipinski definition) is 1. The molecule has 1 amide bonds. The number of anilines is 1. The fourth-order valence-electron chi connectivity index (χ4n) is 2.66. The van der Waals surface area contributed by atoms with Crippen LogP contribution in [0.15, 0.2) is 16.8 Å². The molecule has 2 unspecified atom stereocenters. The van der Waals surface area contributed by atoms with Gasteiger partial charge in [0.05, 0.1) is 16.7 Å². The lowest BCUT2D eigenvalue weighted by Gasteiger charge is -2.23. The predicted molar refractivity (Wildman–Crippen MR) is 82.3 cm³/mol. The zero-order valence-corrected chi connectivity index (χ0v) is 13.4. The van der Waals surface area contributed by atoms with Crippen LogP contribution >= 0.6 is 11.6 Å². The smallest absolute Gasteiger partial charge is 0.250 e. The van der Waals surface area contributed by atoms with Gasteiger partial charge in [-0.05, 0) is 13.0 Å². The molecule has 0 bridgehead atoms. The minimum Gasteiger partial charge on any atom is -0.380 e. The Morgan fingerprint density at radius 1 is 1.57 bits per heavy atom. The van der Waals surface area contributed by atoms with Gasteiger partial charge >= 0.3 is 0 Å². The van der Waals surface area contributed by atoms with E-state index in [0.717, 1.165) is 0 Å². The van der Waals surface area contributed by atoms with Crippen LogP contribution in [0.1, 0.15) is 34.5 Å².